The quantitative estimate of drug-likeness (QED) is 0.840. The lowest BCUT2D eigenvalue weighted by Gasteiger charge is -2.28. The van der Waals surface area contributed by atoms with Crippen LogP contribution in [0.25, 0.3) is 11.3 Å². The van der Waals surface area contributed by atoms with Gasteiger partial charge in [0.1, 0.15) is 0 Å². The molecule has 0 amide bonds. The number of hydrogen-bond acceptors (Lipinski definition) is 3. The molecule has 1 aliphatic carbocycles. The van der Waals surface area contributed by atoms with Crippen molar-refractivity contribution >= 4 is 11.4 Å². The fraction of sp³-hybridized carbons (Fsp3) is 0.312. The molecule has 0 saturated heterocycles. The van der Waals surface area contributed by atoms with Gasteiger partial charge in [0.15, 0.2) is 5.78 Å². The maximum absolute atomic E-state index is 11.9. The fourth-order valence-electron chi connectivity index (χ4n) is 2.72. The Morgan fingerprint density at radius 1 is 1.15 bits per heavy atom. The molecule has 1 aliphatic rings. The van der Waals surface area contributed by atoms with Crippen molar-refractivity contribution in [3.63, 3.8) is 0 Å². The molecule has 0 aliphatic heterocycles. The number of benzene rings is 1. The number of aromatic nitrogens is 3. The van der Waals surface area contributed by atoms with E-state index in [2.05, 4.69) is 24.2 Å². The fourth-order valence-corrected chi connectivity index (χ4v) is 2.72. The van der Waals surface area contributed by atoms with Crippen LogP contribution in [0.3, 0.4) is 0 Å². The molecule has 0 bridgehead atoms. The topological polar surface area (TPSA) is 47.8 Å². The van der Waals surface area contributed by atoms with Crippen molar-refractivity contribution < 1.29 is 4.79 Å². The molecule has 0 radical (unpaired) electrons. The SMILES string of the molecule is CC1(C)CC(=O)C=C(c2cnnn2-c2ccccc2)C1. The third-order valence-electron chi connectivity index (χ3n) is 3.54. The van der Waals surface area contributed by atoms with E-state index in [-0.39, 0.29) is 11.2 Å². The molecule has 0 N–H and O–H groups in total. The minimum atomic E-state index is -0.00699. The summed E-state index contributed by atoms with van der Waals surface area (Å²) in [4.78, 5) is 11.9. The third kappa shape index (κ3) is 2.41. The van der Waals surface area contributed by atoms with Gasteiger partial charge >= 0.3 is 0 Å². The zero-order chi connectivity index (χ0) is 14.2. The summed E-state index contributed by atoms with van der Waals surface area (Å²) in [6, 6.07) is 9.85. The Kier molecular flexibility index (Phi) is 3.01. The van der Waals surface area contributed by atoms with Crippen LogP contribution < -0.4 is 0 Å². The van der Waals surface area contributed by atoms with Crippen LogP contribution in [0.4, 0.5) is 0 Å². The normalized spacial score (nSPS) is 17.9. The Bertz CT molecular complexity index is 668. The predicted molar refractivity (Wildman–Crippen MR) is 77.4 cm³/mol. The van der Waals surface area contributed by atoms with Crippen molar-refractivity contribution in [3.05, 3.63) is 48.3 Å². The molecule has 0 unspecified atom stereocenters. The van der Waals surface area contributed by atoms with Crippen LogP contribution in [-0.4, -0.2) is 20.8 Å². The molecule has 2 aromatic rings. The van der Waals surface area contributed by atoms with Gasteiger partial charge in [-0.15, -0.1) is 5.10 Å². The zero-order valence-electron chi connectivity index (χ0n) is 11.7. The van der Waals surface area contributed by atoms with Gasteiger partial charge in [-0.3, -0.25) is 4.79 Å². The molecule has 1 heterocycles. The molecular formula is C16H17N3O. The van der Waals surface area contributed by atoms with Crippen LogP contribution in [-0.2, 0) is 4.79 Å². The monoisotopic (exact) mass is 267 g/mol. The van der Waals surface area contributed by atoms with E-state index in [4.69, 9.17) is 0 Å². The van der Waals surface area contributed by atoms with Gasteiger partial charge in [-0.05, 0) is 35.6 Å². The van der Waals surface area contributed by atoms with E-state index in [1.165, 1.54) is 0 Å². The Hall–Kier alpha value is -2.23. The lowest BCUT2D eigenvalue weighted by molar-refractivity contribution is -0.116. The van der Waals surface area contributed by atoms with E-state index in [1.807, 2.05) is 30.3 Å². The number of rotatable bonds is 2. The van der Waals surface area contributed by atoms with Gasteiger partial charge in [-0.2, -0.15) is 0 Å². The average Bonchev–Trinajstić information content (AvgIpc) is 2.86. The van der Waals surface area contributed by atoms with E-state index in [0.717, 1.165) is 23.4 Å². The number of allylic oxidation sites excluding steroid dienone is 2. The lowest BCUT2D eigenvalue weighted by Crippen LogP contribution is -2.22. The van der Waals surface area contributed by atoms with E-state index in [0.29, 0.717) is 6.42 Å². The Morgan fingerprint density at radius 3 is 2.60 bits per heavy atom. The number of carbonyl (C=O) groups excluding carboxylic acids is 1. The van der Waals surface area contributed by atoms with Gasteiger partial charge in [0.2, 0.25) is 0 Å². The second-order valence-corrected chi connectivity index (χ2v) is 6.02. The summed E-state index contributed by atoms with van der Waals surface area (Å²) >= 11 is 0. The van der Waals surface area contributed by atoms with Crippen molar-refractivity contribution in [2.24, 2.45) is 5.41 Å². The van der Waals surface area contributed by atoms with Crippen LogP contribution in [0.2, 0.25) is 0 Å². The van der Waals surface area contributed by atoms with Gasteiger partial charge in [0.25, 0.3) is 0 Å². The largest absolute Gasteiger partial charge is 0.295 e. The molecule has 1 aromatic heterocycles. The summed E-state index contributed by atoms with van der Waals surface area (Å²) in [6.07, 6.45) is 4.93. The van der Waals surface area contributed by atoms with Crippen LogP contribution in [0.15, 0.2) is 42.6 Å². The Labute approximate surface area is 118 Å². The maximum atomic E-state index is 11.9. The standard InChI is InChI=1S/C16H17N3O/c1-16(2)9-12(8-14(20)10-16)15-11-17-18-19(15)13-6-4-3-5-7-13/h3-8,11H,9-10H2,1-2H3. The van der Waals surface area contributed by atoms with Gasteiger partial charge in [-0.25, -0.2) is 4.68 Å². The van der Waals surface area contributed by atoms with E-state index >= 15 is 0 Å². The molecule has 20 heavy (non-hydrogen) atoms. The maximum Gasteiger partial charge on any atom is 0.156 e. The average molecular weight is 267 g/mol. The van der Waals surface area contributed by atoms with Crippen molar-refractivity contribution in [2.45, 2.75) is 26.7 Å². The summed E-state index contributed by atoms with van der Waals surface area (Å²) in [5.41, 5.74) is 2.86. The van der Waals surface area contributed by atoms with Crippen molar-refractivity contribution in [3.8, 4) is 5.69 Å². The van der Waals surface area contributed by atoms with Crippen LogP contribution in [0.1, 0.15) is 32.4 Å². The van der Waals surface area contributed by atoms with Crippen molar-refractivity contribution in [1.82, 2.24) is 15.0 Å². The van der Waals surface area contributed by atoms with Crippen molar-refractivity contribution in [2.75, 3.05) is 0 Å². The number of ketones is 1. The van der Waals surface area contributed by atoms with Gasteiger partial charge in [0.05, 0.1) is 17.6 Å². The summed E-state index contributed by atoms with van der Waals surface area (Å²) in [5, 5.41) is 8.16. The molecule has 4 nitrogen and oxygen atoms in total. The first-order chi connectivity index (χ1) is 9.55. The zero-order valence-corrected chi connectivity index (χ0v) is 11.7. The smallest absolute Gasteiger partial charge is 0.156 e. The molecule has 3 rings (SSSR count). The first kappa shape index (κ1) is 12.8. The van der Waals surface area contributed by atoms with Gasteiger partial charge < -0.3 is 0 Å². The molecule has 0 fully saturated rings. The molecule has 4 heteroatoms. The minimum absolute atomic E-state index is 0.00699. The Balaban J connectivity index is 2.05. The highest BCUT2D eigenvalue weighted by molar-refractivity contribution is 5.98. The van der Waals surface area contributed by atoms with Crippen molar-refractivity contribution in [1.29, 1.82) is 0 Å². The van der Waals surface area contributed by atoms with Crippen LogP contribution >= 0.6 is 0 Å². The number of para-hydroxylation sites is 1. The summed E-state index contributed by atoms with van der Waals surface area (Å²) < 4.78 is 1.79. The van der Waals surface area contributed by atoms with Gasteiger partial charge in [0, 0.05) is 6.42 Å². The first-order valence-electron chi connectivity index (χ1n) is 6.75. The summed E-state index contributed by atoms with van der Waals surface area (Å²) in [6.45, 7) is 4.24. The summed E-state index contributed by atoms with van der Waals surface area (Å²) in [5.74, 6) is 0.178. The number of carbonyl (C=O) groups is 1. The third-order valence-corrected chi connectivity index (χ3v) is 3.54. The van der Waals surface area contributed by atoms with Crippen LogP contribution in [0.5, 0.6) is 0 Å². The molecule has 0 spiro atoms. The highest BCUT2D eigenvalue weighted by atomic mass is 16.1. The number of hydrogen-bond donors (Lipinski definition) is 0. The number of nitrogens with zero attached hydrogens (tertiary/aromatic N) is 3. The second kappa shape index (κ2) is 4.71. The molecule has 0 saturated carbocycles. The van der Waals surface area contributed by atoms with E-state index in [1.54, 1.807) is 17.0 Å². The molecule has 102 valence electrons. The minimum Gasteiger partial charge on any atom is -0.295 e. The van der Waals surface area contributed by atoms with E-state index in [9.17, 15) is 4.79 Å². The Morgan fingerprint density at radius 2 is 1.90 bits per heavy atom. The molecule has 1 aromatic carbocycles. The van der Waals surface area contributed by atoms with Crippen LogP contribution in [0, 0.1) is 5.41 Å². The first-order valence-corrected chi connectivity index (χ1v) is 6.75. The lowest BCUT2D eigenvalue weighted by atomic mass is 9.76. The summed E-state index contributed by atoms with van der Waals surface area (Å²) in [7, 11) is 0. The van der Waals surface area contributed by atoms with E-state index < -0.39 is 0 Å². The van der Waals surface area contributed by atoms with Gasteiger partial charge in [-0.1, -0.05) is 37.3 Å². The highest BCUT2D eigenvalue weighted by Gasteiger charge is 2.29. The molecular weight excluding hydrogens is 250 g/mol. The predicted octanol–water partition coefficient (Wildman–Crippen LogP) is 3.04. The highest BCUT2D eigenvalue weighted by Crippen LogP contribution is 2.38. The second-order valence-electron chi connectivity index (χ2n) is 6.02. The molecule has 0 atom stereocenters.